The van der Waals surface area contributed by atoms with Crippen LogP contribution in [0.5, 0.6) is 11.5 Å². The highest BCUT2D eigenvalue weighted by Crippen LogP contribution is 2.28. The molecular formula is C20H17BrN2O6. The maximum Gasteiger partial charge on any atom is 0.341 e. The molecule has 0 saturated heterocycles. The first-order valence-electron chi connectivity index (χ1n) is 8.60. The lowest BCUT2D eigenvalue weighted by atomic mass is 10.2. The molecular weight excluding hydrogens is 444 g/mol. The fraction of sp³-hybridized carbons (Fsp3) is 0.150. The van der Waals surface area contributed by atoms with Gasteiger partial charge in [0.1, 0.15) is 5.58 Å². The van der Waals surface area contributed by atoms with Crippen LogP contribution in [0.25, 0.3) is 11.0 Å². The molecule has 0 aliphatic rings. The molecule has 0 aliphatic heterocycles. The molecule has 0 fully saturated rings. The van der Waals surface area contributed by atoms with Crippen molar-refractivity contribution in [2.75, 3.05) is 13.2 Å². The second kappa shape index (κ2) is 9.24. The number of carboxylic acid groups (broad SMARTS) is 1. The molecule has 2 N–H and O–H groups in total. The first kappa shape index (κ1) is 20.4. The second-order valence-corrected chi connectivity index (χ2v) is 6.73. The highest BCUT2D eigenvalue weighted by Gasteiger charge is 2.12. The predicted molar refractivity (Wildman–Crippen MR) is 110 cm³/mol. The smallest absolute Gasteiger partial charge is 0.341 e. The number of halogens is 1. The van der Waals surface area contributed by atoms with E-state index >= 15 is 0 Å². The largest absolute Gasteiger partial charge is 0.490 e. The van der Waals surface area contributed by atoms with Crippen LogP contribution in [0.4, 0.5) is 0 Å². The predicted octanol–water partition coefficient (Wildman–Crippen LogP) is 3.82. The van der Waals surface area contributed by atoms with E-state index in [4.69, 9.17) is 19.0 Å². The molecule has 150 valence electrons. The van der Waals surface area contributed by atoms with Crippen LogP contribution in [0, 0.1) is 0 Å². The Morgan fingerprint density at radius 3 is 2.76 bits per heavy atom. The van der Waals surface area contributed by atoms with Crippen molar-refractivity contribution in [1.82, 2.24) is 5.43 Å². The highest BCUT2D eigenvalue weighted by atomic mass is 79.9. The number of hydrazone groups is 1. The molecule has 2 aromatic carbocycles. The average molecular weight is 461 g/mol. The van der Waals surface area contributed by atoms with Gasteiger partial charge in [0, 0.05) is 9.86 Å². The van der Waals surface area contributed by atoms with Crippen molar-refractivity contribution in [3.8, 4) is 11.5 Å². The lowest BCUT2D eigenvalue weighted by molar-refractivity contribution is -0.139. The summed E-state index contributed by atoms with van der Waals surface area (Å²) in [5.41, 5.74) is 3.63. The fourth-order valence-electron chi connectivity index (χ4n) is 2.48. The quantitative estimate of drug-likeness (QED) is 0.390. The number of rotatable bonds is 8. The number of hydrogen-bond acceptors (Lipinski definition) is 6. The number of aliphatic carboxylic acids is 1. The molecule has 0 bridgehead atoms. The summed E-state index contributed by atoms with van der Waals surface area (Å²) in [4.78, 5) is 22.9. The normalized spacial score (nSPS) is 11.0. The molecule has 3 aromatic rings. The zero-order valence-electron chi connectivity index (χ0n) is 15.3. The minimum Gasteiger partial charge on any atom is -0.490 e. The van der Waals surface area contributed by atoms with E-state index in [0.717, 1.165) is 9.86 Å². The molecule has 1 amide bonds. The molecule has 29 heavy (non-hydrogen) atoms. The van der Waals surface area contributed by atoms with Gasteiger partial charge in [-0.3, -0.25) is 4.79 Å². The van der Waals surface area contributed by atoms with E-state index in [-0.39, 0.29) is 5.76 Å². The Morgan fingerprint density at radius 2 is 2.00 bits per heavy atom. The van der Waals surface area contributed by atoms with Crippen molar-refractivity contribution in [2.24, 2.45) is 5.10 Å². The van der Waals surface area contributed by atoms with Gasteiger partial charge < -0.3 is 19.0 Å². The van der Waals surface area contributed by atoms with E-state index in [1.807, 2.05) is 12.1 Å². The molecule has 0 saturated carbocycles. The molecule has 8 nitrogen and oxygen atoms in total. The van der Waals surface area contributed by atoms with Crippen LogP contribution in [0.3, 0.4) is 0 Å². The van der Waals surface area contributed by atoms with E-state index in [9.17, 15) is 9.59 Å². The van der Waals surface area contributed by atoms with E-state index in [2.05, 4.69) is 26.5 Å². The number of amides is 1. The van der Waals surface area contributed by atoms with Gasteiger partial charge in [0.15, 0.2) is 23.9 Å². The number of ether oxygens (including phenoxy) is 2. The summed E-state index contributed by atoms with van der Waals surface area (Å²) in [7, 11) is 0. The van der Waals surface area contributed by atoms with Crippen molar-refractivity contribution in [3.05, 3.63) is 58.3 Å². The number of nitrogens with one attached hydrogen (secondary N) is 1. The van der Waals surface area contributed by atoms with Gasteiger partial charge in [0.2, 0.25) is 0 Å². The lowest BCUT2D eigenvalue weighted by Gasteiger charge is -2.11. The van der Waals surface area contributed by atoms with Gasteiger partial charge in [0.05, 0.1) is 12.8 Å². The summed E-state index contributed by atoms with van der Waals surface area (Å²) in [5, 5.41) is 13.5. The third-order valence-electron chi connectivity index (χ3n) is 3.70. The summed E-state index contributed by atoms with van der Waals surface area (Å²) < 4.78 is 17.0. The summed E-state index contributed by atoms with van der Waals surface area (Å²) in [6.07, 6.45) is 1.43. The SMILES string of the molecule is CCOc1cc(/C=N/NC(=O)c2cc3cc(Br)ccc3o2)ccc1OCC(=O)O. The van der Waals surface area contributed by atoms with Gasteiger partial charge in [-0.1, -0.05) is 15.9 Å². The maximum atomic E-state index is 12.2. The van der Waals surface area contributed by atoms with Gasteiger partial charge in [-0.2, -0.15) is 5.10 Å². The number of carboxylic acids is 1. The van der Waals surface area contributed by atoms with Crippen LogP contribution in [0.2, 0.25) is 0 Å². The van der Waals surface area contributed by atoms with Gasteiger partial charge in [-0.15, -0.1) is 0 Å². The van der Waals surface area contributed by atoms with Crippen LogP contribution in [0.15, 0.2) is 56.5 Å². The van der Waals surface area contributed by atoms with E-state index in [1.54, 1.807) is 37.3 Å². The van der Waals surface area contributed by atoms with Crippen LogP contribution in [0.1, 0.15) is 23.0 Å². The number of nitrogens with zero attached hydrogens (tertiary/aromatic N) is 1. The van der Waals surface area contributed by atoms with Gasteiger partial charge in [-0.05, 0) is 55.0 Å². The molecule has 1 heterocycles. The number of carbonyl (C=O) groups is 2. The van der Waals surface area contributed by atoms with Crippen molar-refractivity contribution in [2.45, 2.75) is 6.92 Å². The third-order valence-corrected chi connectivity index (χ3v) is 4.19. The number of hydrogen-bond donors (Lipinski definition) is 2. The van der Waals surface area contributed by atoms with Crippen molar-refractivity contribution >= 4 is 45.0 Å². The topological polar surface area (TPSA) is 110 Å². The van der Waals surface area contributed by atoms with E-state index in [0.29, 0.717) is 29.3 Å². The molecule has 9 heteroatoms. The first-order chi connectivity index (χ1) is 14.0. The Balaban J connectivity index is 1.68. The van der Waals surface area contributed by atoms with Gasteiger partial charge in [0.25, 0.3) is 0 Å². The molecule has 0 atom stereocenters. The summed E-state index contributed by atoms with van der Waals surface area (Å²) in [6.45, 7) is 1.70. The lowest BCUT2D eigenvalue weighted by Crippen LogP contribution is -2.16. The minimum absolute atomic E-state index is 0.141. The van der Waals surface area contributed by atoms with Crippen LogP contribution in [-0.4, -0.2) is 36.4 Å². The summed E-state index contributed by atoms with van der Waals surface area (Å²) in [6, 6.07) is 11.9. The van der Waals surface area contributed by atoms with Crippen molar-refractivity contribution in [3.63, 3.8) is 0 Å². The first-order valence-corrected chi connectivity index (χ1v) is 9.39. The molecule has 3 rings (SSSR count). The molecule has 0 spiro atoms. The van der Waals surface area contributed by atoms with Crippen molar-refractivity contribution < 1.29 is 28.6 Å². The molecule has 0 aliphatic carbocycles. The minimum atomic E-state index is -1.08. The number of furan rings is 1. The van der Waals surface area contributed by atoms with Gasteiger partial charge in [-0.25, -0.2) is 10.2 Å². The number of benzene rings is 2. The van der Waals surface area contributed by atoms with E-state index < -0.39 is 18.5 Å². The zero-order chi connectivity index (χ0) is 20.8. The van der Waals surface area contributed by atoms with Gasteiger partial charge >= 0.3 is 11.9 Å². The Hall–Kier alpha value is -3.33. The van der Waals surface area contributed by atoms with Crippen LogP contribution >= 0.6 is 15.9 Å². The number of carbonyl (C=O) groups excluding carboxylic acids is 1. The van der Waals surface area contributed by atoms with Crippen LogP contribution < -0.4 is 14.9 Å². The second-order valence-electron chi connectivity index (χ2n) is 5.81. The third kappa shape index (κ3) is 5.35. The maximum absolute atomic E-state index is 12.2. The van der Waals surface area contributed by atoms with Crippen LogP contribution in [-0.2, 0) is 4.79 Å². The standard InChI is InChI=1S/C20H17BrN2O6/c1-2-27-17-7-12(3-5-16(17)28-11-19(24)25)10-22-23-20(26)18-9-13-8-14(21)4-6-15(13)29-18/h3-10H,2,11H2,1H3,(H,23,26)(H,24,25)/b22-10+. The molecule has 0 radical (unpaired) electrons. The Kier molecular flexibility index (Phi) is 6.50. The average Bonchev–Trinajstić information content (AvgIpc) is 3.10. The Bertz CT molecular complexity index is 1080. The van der Waals surface area contributed by atoms with Crippen molar-refractivity contribution in [1.29, 1.82) is 0 Å². The Morgan fingerprint density at radius 1 is 1.17 bits per heavy atom. The monoisotopic (exact) mass is 460 g/mol. The molecule has 1 aromatic heterocycles. The summed E-state index contributed by atoms with van der Waals surface area (Å²) in [5.74, 6) is -0.739. The number of fused-ring (bicyclic) bond motifs is 1. The fourth-order valence-corrected chi connectivity index (χ4v) is 2.86. The van der Waals surface area contributed by atoms with E-state index in [1.165, 1.54) is 6.21 Å². The zero-order valence-corrected chi connectivity index (χ0v) is 16.9. The highest BCUT2D eigenvalue weighted by molar-refractivity contribution is 9.10. The summed E-state index contributed by atoms with van der Waals surface area (Å²) >= 11 is 3.37. The molecule has 0 unspecified atom stereocenters. The Labute approximate surface area is 174 Å².